The fraction of sp³-hybridized carbons (Fsp3) is 0.895. The molecule has 3 heterocycles. The Hall–Kier alpha value is -1.14. The molecule has 0 bridgehead atoms. The van der Waals surface area contributed by atoms with E-state index in [1.165, 1.54) is 6.42 Å². The lowest BCUT2D eigenvalue weighted by atomic mass is 9.75. The molecule has 2 amide bonds. The number of likely N-dealkylation sites (N-methyl/N-ethyl adjacent to an activating group) is 1. The fourth-order valence-corrected chi connectivity index (χ4v) is 5.02. The number of amides is 2. The average molecular weight is 349 g/mol. The summed E-state index contributed by atoms with van der Waals surface area (Å²) >= 11 is 0. The van der Waals surface area contributed by atoms with Crippen molar-refractivity contribution < 1.29 is 14.3 Å². The van der Waals surface area contributed by atoms with E-state index >= 15 is 0 Å². The SMILES string of the molecule is CN1CC2(CCN(C(=O)C3CCC3)CC2)CC1C(=O)N1CCOCC1. The van der Waals surface area contributed by atoms with E-state index in [1.54, 1.807) is 0 Å². The van der Waals surface area contributed by atoms with Crippen molar-refractivity contribution in [3.8, 4) is 0 Å². The van der Waals surface area contributed by atoms with Crippen molar-refractivity contribution in [1.29, 1.82) is 0 Å². The van der Waals surface area contributed by atoms with Crippen LogP contribution in [0.15, 0.2) is 0 Å². The van der Waals surface area contributed by atoms with Crippen LogP contribution in [0.25, 0.3) is 0 Å². The topological polar surface area (TPSA) is 53.1 Å². The first-order chi connectivity index (χ1) is 12.1. The molecule has 6 heteroatoms. The third kappa shape index (κ3) is 3.31. The second kappa shape index (κ2) is 6.88. The smallest absolute Gasteiger partial charge is 0.240 e. The molecule has 1 unspecified atom stereocenters. The normalized spacial score (nSPS) is 30.5. The van der Waals surface area contributed by atoms with Gasteiger partial charge in [0.1, 0.15) is 0 Å². The van der Waals surface area contributed by atoms with E-state index in [4.69, 9.17) is 4.74 Å². The lowest BCUT2D eigenvalue weighted by Gasteiger charge is -2.41. The third-order valence-electron chi connectivity index (χ3n) is 6.94. The van der Waals surface area contributed by atoms with Crippen LogP contribution in [0.2, 0.25) is 0 Å². The second-order valence-electron chi connectivity index (χ2n) is 8.53. The van der Waals surface area contributed by atoms with Crippen LogP contribution in [-0.2, 0) is 14.3 Å². The van der Waals surface area contributed by atoms with Gasteiger partial charge in [-0.05, 0) is 44.6 Å². The summed E-state index contributed by atoms with van der Waals surface area (Å²) in [5.41, 5.74) is 0.220. The first-order valence-corrected chi connectivity index (χ1v) is 9.94. The number of carbonyl (C=O) groups is 2. The molecule has 6 nitrogen and oxygen atoms in total. The molecule has 4 aliphatic rings. The number of nitrogens with zero attached hydrogens (tertiary/aromatic N) is 3. The standard InChI is InChI=1S/C19H31N3O3/c1-20-14-19(13-16(20)18(24)22-9-11-25-12-10-22)5-7-21(8-6-19)17(23)15-3-2-4-15/h15-16H,2-14H2,1H3. The van der Waals surface area contributed by atoms with Crippen LogP contribution >= 0.6 is 0 Å². The van der Waals surface area contributed by atoms with Gasteiger partial charge in [-0.1, -0.05) is 6.42 Å². The number of carbonyl (C=O) groups excluding carboxylic acids is 2. The Balaban J connectivity index is 1.34. The molecule has 1 aliphatic carbocycles. The van der Waals surface area contributed by atoms with Crippen molar-refractivity contribution >= 4 is 11.8 Å². The molecule has 0 aromatic heterocycles. The highest BCUT2D eigenvalue weighted by molar-refractivity contribution is 5.82. The quantitative estimate of drug-likeness (QED) is 0.745. The summed E-state index contributed by atoms with van der Waals surface area (Å²) in [6.07, 6.45) is 6.42. The summed E-state index contributed by atoms with van der Waals surface area (Å²) in [6, 6.07) is 0.00647. The minimum absolute atomic E-state index is 0.00647. The van der Waals surface area contributed by atoms with Gasteiger partial charge in [0.15, 0.2) is 0 Å². The molecule has 25 heavy (non-hydrogen) atoms. The molecule has 0 N–H and O–H groups in total. The monoisotopic (exact) mass is 349 g/mol. The van der Waals surface area contributed by atoms with Gasteiger partial charge in [-0.2, -0.15) is 0 Å². The summed E-state index contributed by atoms with van der Waals surface area (Å²) in [4.78, 5) is 31.7. The van der Waals surface area contributed by atoms with Crippen molar-refractivity contribution in [2.45, 2.75) is 44.6 Å². The summed E-state index contributed by atoms with van der Waals surface area (Å²) < 4.78 is 5.37. The maximum atomic E-state index is 12.9. The summed E-state index contributed by atoms with van der Waals surface area (Å²) in [5, 5.41) is 0. The first-order valence-electron chi connectivity index (χ1n) is 9.94. The summed E-state index contributed by atoms with van der Waals surface area (Å²) in [5.74, 6) is 0.958. The molecule has 4 fully saturated rings. The van der Waals surface area contributed by atoms with Crippen molar-refractivity contribution in [3.05, 3.63) is 0 Å². The lowest BCUT2D eigenvalue weighted by molar-refractivity contribution is -0.141. The number of piperidine rings is 1. The van der Waals surface area contributed by atoms with Crippen LogP contribution in [0.4, 0.5) is 0 Å². The second-order valence-corrected chi connectivity index (χ2v) is 8.53. The van der Waals surface area contributed by atoms with Crippen LogP contribution in [0, 0.1) is 11.3 Å². The molecule has 1 atom stereocenters. The zero-order valence-corrected chi connectivity index (χ0v) is 15.4. The van der Waals surface area contributed by atoms with E-state index in [-0.39, 0.29) is 17.4 Å². The number of ether oxygens (including phenoxy) is 1. The number of rotatable bonds is 2. The maximum Gasteiger partial charge on any atom is 0.240 e. The molecule has 1 spiro atoms. The van der Waals surface area contributed by atoms with Gasteiger partial charge in [0.05, 0.1) is 19.3 Å². The van der Waals surface area contributed by atoms with Crippen molar-refractivity contribution in [1.82, 2.24) is 14.7 Å². The van der Waals surface area contributed by atoms with E-state index in [2.05, 4.69) is 16.8 Å². The Morgan fingerprint density at radius 3 is 2.20 bits per heavy atom. The molecule has 140 valence electrons. The molecule has 3 aliphatic heterocycles. The number of hydrogen-bond donors (Lipinski definition) is 0. The fourth-order valence-electron chi connectivity index (χ4n) is 5.02. The van der Waals surface area contributed by atoms with Crippen LogP contribution < -0.4 is 0 Å². The van der Waals surface area contributed by atoms with Gasteiger partial charge in [0.25, 0.3) is 0 Å². The molecule has 3 saturated heterocycles. The number of morpholine rings is 1. The van der Waals surface area contributed by atoms with Gasteiger partial charge in [0, 0.05) is 38.6 Å². The van der Waals surface area contributed by atoms with Gasteiger partial charge in [-0.25, -0.2) is 0 Å². The molecular weight excluding hydrogens is 318 g/mol. The summed E-state index contributed by atoms with van der Waals surface area (Å²) in [7, 11) is 2.09. The molecular formula is C19H31N3O3. The van der Waals surface area contributed by atoms with Gasteiger partial charge in [-0.15, -0.1) is 0 Å². The van der Waals surface area contributed by atoms with Crippen molar-refractivity contribution in [3.63, 3.8) is 0 Å². The van der Waals surface area contributed by atoms with E-state index in [0.717, 1.165) is 64.8 Å². The predicted molar refractivity (Wildman–Crippen MR) is 94.0 cm³/mol. The highest BCUT2D eigenvalue weighted by Gasteiger charge is 2.48. The van der Waals surface area contributed by atoms with Crippen molar-refractivity contribution in [2.24, 2.45) is 11.3 Å². The van der Waals surface area contributed by atoms with E-state index in [0.29, 0.717) is 25.0 Å². The largest absolute Gasteiger partial charge is 0.378 e. The Kier molecular flexibility index (Phi) is 4.75. The van der Waals surface area contributed by atoms with Crippen LogP contribution in [-0.4, -0.2) is 85.5 Å². The van der Waals surface area contributed by atoms with E-state index in [1.807, 2.05) is 4.90 Å². The summed E-state index contributed by atoms with van der Waals surface area (Å²) in [6.45, 7) is 5.50. The Morgan fingerprint density at radius 2 is 1.60 bits per heavy atom. The molecule has 1 saturated carbocycles. The average Bonchev–Trinajstić information content (AvgIpc) is 2.90. The Bertz CT molecular complexity index is 520. The third-order valence-corrected chi connectivity index (χ3v) is 6.94. The number of hydrogen-bond acceptors (Lipinski definition) is 4. The van der Waals surface area contributed by atoms with Crippen molar-refractivity contribution in [2.75, 3.05) is 53.0 Å². The zero-order valence-electron chi connectivity index (χ0n) is 15.4. The first kappa shape index (κ1) is 17.3. The molecule has 4 rings (SSSR count). The highest BCUT2D eigenvalue weighted by atomic mass is 16.5. The predicted octanol–water partition coefficient (Wildman–Crippen LogP) is 0.958. The van der Waals surface area contributed by atoms with Crippen LogP contribution in [0.1, 0.15) is 38.5 Å². The minimum Gasteiger partial charge on any atom is -0.378 e. The molecule has 0 aromatic rings. The van der Waals surface area contributed by atoms with Gasteiger partial charge >= 0.3 is 0 Å². The number of likely N-dealkylation sites (tertiary alicyclic amines) is 2. The lowest BCUT2D eigenvalue weighted by Crippen LogP contribution is -2.48. The maximum absolute atomic E-state index is 12.9. The zero-order chi connectivity index (χ0) is 17.4. The highest BCUT2D eigenvalue weighted by Crippen LogP contribution is 2.44. The van der Waals surface area contributed by atoms with Gasteiger partial charge in [-0.3, -0.25) is 14.5 Å². The Labute approximate surface area is 150 Å². The van der Waals surface area contributed by atoms with E-state index in [9.17, 15) is 9.59 Å². The van der Waals surface area contributed by atoms with Gasteiger partial charge < -0.3 is 14.5 Å². The van der Waals surface area contributed by atoms with Gasteiger partial charge in [0.2, 0.25) is 11.8 Å². The van der Waals surface area contributed by atoms with Crippen LogP contribution in [0.3, 0.4) is 0 Å². The van der Waals surface area contributed by atoms with E-state index < -0.39 is 0 Å². The molecule has 0 radical (unpaired) electrons. The Morgan fingerprint density at radius 1 is 0.960 bits per heavy atom. The minimum atomic E-state index is 0.00647. The van der Waals surface area contributed by atoms with Crippen LogP contribution in [0.5, 0.6) is 0 Å². The molecule has 0 aromatic carbocycles.